The van der Waals surface area contributed by atoms with E-state index in [-0.39, 0.29) is 6.42 Å². The van der Waals surface area contributed by atoms with Gasteiger partial charge in [-0.3, -0.25) is 0 Å². The highest BCUT2D eigenvalue weighted by molar-refractivity contribution is 7.76. The second kappa shape index (κ2) is 19.3. The Kier molecular flexibility index (Phi) is 19.3. The van der Waals surface area contributed by atoms with E-state index < -0.39 is 13.5 Å². The number of rotatable bonds is 21. The zero-order chi connectivity index (χ0) is 20.2. The summed E-state index contributed by atoms with van der Waals surface area (Å²) in [6.45, 7) is 2.27. The maximum absolute atomic E-state index is 11.1. The second-order valence-corrected chi connectivity index (χ2v) is 9.71. The molecule has 0 saturated heterocycles. The molecule has 0 aromatic heterocycles. The number of carbonyl (C=O) groups is 1. The molecule has 0 bridgehead atoms. The normalized spacial score (nSPS) is 11.9. The van der Waals surface area contributed by atoms with Crippen LogP contribution in [0.4, 0.5) is 0 Å². The van der Waals surface area contributed by atoms with Crippen molar-refractivity contribution >= 4 is 13.5 Å². The molecule has 0 rings (SSSR count). The lowest BCUT2D eigenvalue weighted by atomic mass is 10.0. The van der Waals surface area contributed by atoms with Gasteiger partial charge >= 0.3 is 13.5 Å². The highest BCUT2D eigenvalue weighted by atomic mass is 31.2. The summed E-state index contributed by atoms with van der Waals surface area (Å²) in [6.07, 6.45) is 24.7. The van der Waals surface area contributed by atoms with Gasteiger partial charge in [0.05, 0.1) is 6.42 Å². The third-order valence-corrected chi connectivity index (χ3v) is 6.22. The topological polar surface area (TPSA) is 77.8 Å². The van der Waals surface area contributed by atoms with Gasteiger partial charge in [0.1, 0.15) is 0 Å². The van der Waals surface area contributed by atoms with Crippen molar-refractivity contribution in [2.75, 3.05) is 0 Å². The summed E-state index contributed by atoms with van der Waals surface area (Å²) in [5, 5.41) is 0. The SMILES string of the molecule is CCCCCCCCCCCCCCCCCCCCCC(=O)[P+](O)(O)O. The Bertz CT molecular complexity index is 329. The molecule has 0 amide bonds. The van der Waals surface area contributed by atoms with Crippen LogP contribution in [0.25, 0.3) is 0 Å². The van der Waals surface area contributed by atoms with Gasteiger partial charge in [0.25, 0.3) is 0 Å². The van der Waals surface area contributed by atoms with E-state index >= 15 is 0 Å². The number of hydrogen-bond acceptors (Lipinski definition) is 4. The minimum Gasteiger partial charge on any atom is -0.244 e. The molecule has 3 N–H and O–H groups in total. The number of unbranched alkanes of at least 4 members (excludes halogenated alkanes) is 18. The maximum atomic E-state index is 11.1. The summed E-state index contributed by atoms with van der Waals surface area (Å²) in [5.41, 5.74) is -0.797. The van der Waals surface area contributed by atoms with Gasteiger partial charge in [-0.1, -0.05) is 122 Å². The Hall–Kier alpha value is -0.0200. The standard InChI is InChI=1S/C22H46O4P/c1-2-3-4-5-6-7-8-9-10-11-12-13-14-15-16-17-18-19-20-21-22(23)27(24,25)26/h24-26H,2-21H2,1H3/q+1. The minimum atomic E-state index is -4.24. The molecule has 0 unspecified atom stereocenters. The second-order valence-electron chi connectivity index (χ2n) is 8.08. The average Bonchev–Trinajstić information content (AvgIpc) is 2.62. The minimum absolute atomic E-state index is 0.0795. The first-order valence-electron chi connectivity index (χ1n) is 11.6. The van der Waals surface area contributed by atoms with Crippen molar-refractivity contribution in [3.63, 3.8) is 0 Å². The molecule has 0 heterocycles. The molecule has 0 saturated carbocycles. The average molecular weight is 406 g/mol. The first-order chi connectivity index (χ1) is 13.0. The summed E-state index contributed by atoms with van der Waals surface area (Å²) in [4.78, 5) is 37.6. The van der Waals surface area contributed by atoms with Crippen molar-refractivity contribution in [2.24, 2.45) is 0 Å². The van der Waals surface area contributed by atoms with E-state index in [1.54, 1.807) is 0 Å². The van der Waals surface area contributed by atoms with Crippen molar-refractivity contribution < 1.29 is 19.5 Å². The van der Waals surface area contributed by atoms with Crippen LogP contribution in [-0.2, 0) is 4.79 Å². The largest absolute Gasteiger partial charge is 0.478 e. The Balaban J connectivity index is 3.10. The lowest BCUT2D eigenvalue weighted by molar-refractivity contribution is -0.114. The quantitative estimate of drug-likeness (QED) is 0.141. The van der Waals surface area contributed by atoms with Crippen LogP contribution < -0.4 is 0 Å². The zero-order valence-corrected chi connectivity index (χ0v) is 18.7. The molecule has 4 nitrogen and oxygen atoms in total. The predicted octanol–water partition coefficient (Wildman–Crippen LogP) is 7.07. The molecule has 0 aromatic rings. The van der Waals surface area contributed by atoms with Crippen molar-refractivity contribution in [3.8, 4) is 0 Å². The first-order valence-corrected chi connectivity index (χ1v) is 13.2. The highest BCUT2D eigenvalue weighted by Crippen LogP contribution is 2.46. The zero-order valence-electron chi connectivity index (χ0n) is 17.8. The molecule has 27 heavy (non-hydrogen) atoms. The molecule has 0 fully saturated rings. The van der Waals surface area contributed by atoms with E-state index in [2.05, 4.69) is 6.92 Å². The van der Waals surface area contributed by atoms with Crippen molar-refractivity contribution in [1.29, 1.82) is 0 Å². The molecule has 0 spiro atoms. The van der Waals surface area contributed by atoms with E-state index in [9.17, 15) is 4.79 Å². The van der Waals surface area contributed by atoms with Gasteiger partial charge in [-0.15, -0.1) is 0 Å². The van der Waals surface area contributed by atoms with E-state index in [0.717, 1.165) is 12.8 Å². The van der Waals surface area contributed by atoms with Crippen molar-refractivity contribution in [3.05, 3.63) is 0 Å². The van der Waals surface area contributed by atoms with Crippen LogP contribution in [0.15, 0.2) is 0 Å². The molecule has 162 valence electrons. The Morgan fingerprint density at radius 2 is 0.778 bits per heavy atom. The van der Waals surface area contributed by atoms with Crippen LogP contribution in [-0.4, -0.2) is 20.2 Å². The molecule has 0 aliphatic carbocycles. The molecule has 0 aliphatic rings. The fraction of sp³-hybridized carbons (Fsp3) is 0.955. The van der Waals surface area contributed by atoms with Gasteiger partial charge in [-0.05, 0) is 6.42 Å². The van der Waals surface area contributed by atoms with E-state index in [1.165, 1.54) is 103 Å². The lowest BCUT2D eigenvalue weighted by Gasteiger charge is -2.04. The van der Waals surface area contributed by atoms with Gasteiger partial charge in [0.15, 0.2) is 0 Å². The van der Waals surface area contributed by atoms with Crippen molar-refractivity contribution in [2.45, 2.75) is 135 Å². The number of hydrogen-bond donors (Lipinski definition) is 3. The van der Waals surface area contributed by atoms with Gasteiger partial charge in [0, 0.05) is 0 Å². The van der Waals surface area contributed by atoms with E-state index in [0.29, 0.717) is 6.42 Å². The summed E-state index contributed by atoms with van der Waals surface area (Å²) in [6, 6.07) is 0. The van der Waals surface area contributed by atoms with Gasteiger partial charge in [-0.25, -0.2) is 4.79 Å². The first kappa shape index (κ1) is 27.0. The smallest absolute Gasteiger partial charge is 0.244 e. The van der Waals surface area contributed by atoms with Gasteiger partial charge in [-0.2, -0.15) is 14.7 Å². The molecule has 0 atom stereocenters. The monoisotopic (exact) mass is 405 g/mol. The molecule has 0 aliphatic heterocycles. The third-order valence-electron chi connectivity index (χ3n) is 5.33. The molecule has 5 heteroatoms. The summed E-state index contributed by atoms with van der Waals surface area (Å²) in [5.74, 6) is 0. The molecular formula is C22H46O4P+. The van der Waals surface area contributed by atoms with Crippen LogP contribution in [0.1, 0.15) is 135 Å². The number of carbonyl (C=O) groups excluding carboxylic acids is 1. The van der Waals surface area contributed by atoms with Crippen LogP contribution in [0.3, 0.4) is 0 Å². The fourth-order valence-corrected chi connectivity index (χ4v) is 3.96. The maximum Gasteiger partial charge on any atom is 0.478 e. The summed E-state index contributed by atoms with van der Waals surface area (Å²) < 4.78 is 0. The molecule has 0 aromatic carbocycles. The predicted molar refractivity (Wildman–Crippen MR) is 117 cm³/mol. The van der Waals surface area contributed by atoms with Crippen molar-refractivity contribution in [1.82, 2.24) is 0 Å². The Morgan fingerprint density at radius 1 is 0.519 bits per heavy atom. The van der Waals surface area contributed by atoms with Crippen LogP contribution >= 0.6 is 7.94 Å². The van der Waals surface area contributed by atoms with Crippen LogP contribution in [0, 0.1) is 0 Å². The highest BCUT2D eigenvalue weighted by Gasteiger charge is 2.41. The van der Waals surface area contributed by atoms with Gasteiger partial charge in [0.2, 0.25) is 0 Å². The van der Waals surface area contributed by atoms with Gasteiger partial charge < -0.3 is 0 Å². The summed E-state index contributed by atoms with van der Waals surface area (Å²) >= 11 is 0. The van der Waals surface area contributed by atoms with Crippen LogP contribution in [0.5, 0.6) is 0 Å². The van der Waals surface area contributed by atoms with E-state index in [1.807, 2.05) is 0 Å². The van der Waals surface area contributed by atoms with E-state index in [4.69, 9.17) is 14.7 Å². The van der Waals surface area contributed by atoms with Crippen LogP contribution in [0.2, 0.25) is 0 Å². The summed E-state index contributed by atoms with van der Waals surface area (Å²) in [7, 11) is -4.24. The molecule has 0 radical (unpaired) electrons. The third kappa shape index (κ3) is 20.5. The Morgan fingerprint density at radius 3 is 1.04 bits per heavy atom. The molecular weight excluding hydrogens is 359 g/mol. The Labute approximate surface area is 168 Å². The fourth-order valence-electron chi connectivity index (χ4n) is 3.50. The lowest BCUT2D eigenvalue weighted by Crippen LogP contribution is -2.04.